The van der Waals surface area contributed by atoms with Crippen molar-refractivity contribution in [1.82, 2.24) is 5.32 Å². The first-order valence-electron chi connectivity index (χ1n) is 6.41. The molecule has 0 spiro atoms. The van der Waals surface area contributed by atoms with E-state index in [4.69, 9.17) is 5.73 Å². The summed E-state index contributed by atoms with van der Waals surface area (Å²) in [5, 5.41) is 2.96. The molecule has 18 heavy (non-hydrogen) atoms. The standard InChI is InChI=1S/C13H20N2OS.ClH/c14-7-3-4-8-15-13(16)12-9-10-5-1-2-6-11(10)17-12;/h9H,1-8,14H2,(H,15,16);1H. The molecular weight excluding hydrogens is 268 g/mol. The molecule has 3 nitrogen and oxygen atoms in total. The van der Waals surface area contributed by atoms with Crippen molar-refractivity contribution < 1.29 is 4.79 Å². The van der Waals surface area contributed by atoms with Gasteiger partial charge in [-0.15, -0.1) is 23.7 Å². The Morgan fingerprint density at radius 1 is 1.33 bits per heavy atom. The van der Waals surface area contributed by atoms with E-state index in [-0.39, 0.29) is 18.3 Å². The minimum absolute atomic E-state index is 0. The van der Waals surface area contributed by atoms with E-state index in [1.165, 1.54) is 23.3 Å². The highest BCUT2D eigenvalue weighted by Crippen LogP contribution is 2.29. The van der Waals surface area contributed by atoms with Crippen molar-refractivity contribution in [2.75, 3.05) is 13.1 Å². The third kappa shape index (κ3) is 3.97. The predicted molar refractivity (Wildman–Crippen MR) is 78.8 cm³/mol. The van der Waals surface area contributed by atoms with Crippen LogP contribution in [0.4, 0.5) is 0 Å². The first kappa shape index (κ1) is 15.5. The second-order valence-electron chi connectivity index (χ2n) is 4.52. The van der Waals surface area contributed by atoms with Crippen LogP contribution in [0.2, 0.25) is 0 Å². The van der Waals surface area contributed by atoms with E-state index in [2.05, 4.69) is 11.4 Å². The Labute approximate surface area is 119 Å². The van der Waals surface area contributed by atoms with Crippen LogP contribution in [0, 0.1) is 0 Å². The molecule has 102 valence electrons. The largest absolute Gasteiger partial charge is 0.351 e. The van der Waals surface area contributed by atoms with E-state index in [1.54, 1.807) is 11.3 Å². The van der Waals surface area contributed by atoms with Crippen LogP contribution in [0.15, 0.2) is 6.07 Å². The summed E-state index contributed by atoms with van der Waals surface area (Å²) in [5.74, 6) is 0.0846. The van der Waals surface area contributed by atoms with E-state index < -0.39 is 0 Å². The molecule has 0 unspecified atom stereocenters. The smallest absolute Gasteiger partial charge is 0.261 e. The third-order valence-electron chi connectivity index (χ3n) is 3.14. The number of aryl methyl sites for hydroxylation is 2. The summed E-state index contributed by atoms with van der Waals surface area (Å²) < 4.78 is 0. The van der Waals surface area contributed by atoms with Crippen LogP contribution in [0.3, 0.4) is 0 Å². The molecule has 0 saturated heterocycles. The molecule has 1 amide bonds. The van der Waals surface area contributed by atoms with Gasteiger partial charge < -0.3 is 11.1 Å². The van der Waals surface area contributed by atoms with Crippen LogP contribution in [-0.4, -0.2) is 19.0 Å². The van der Waals surface area contributed by atoms with E-state index in [9.17, 15) is 4.79 Å². The van der Waals surface area contributed by atoms with Gasteiger partial charge in [0.15, 0.2) is 0 Å². The summed E-state index contributed by atoms with van der Waals surface area (Å²) in [6.45, 7) is 1.43. The van der Waals surface area contributed by atoms with Gasteiger partial charge in [0.05, 0.1) is 4.88 Å². The van der Waals surface area contributed by atoms with Crippen molar-refractivity contribution in [3.05, 3.63) is 21.4 Å². The first-order valence-corrected chi connectivity index (χ1v) is 7.23. The summed E-state index contributed by atoms with van der Waals surface area (Å²) >= 11 is 1.67. The lowest BCUT2D eigenvalue weighted by molar-refractivity contribution is 0.0957. The van der Waals surface area contributed by atoms with Gasteiger partial charge >= 0.3 is 0 Å². The Balaban J connectivity index is 0.00000162. The van der Waals surface area contributed by atoms with Crippen LogP contribution >= 0.6 is 23.7 Å². The number of unbranched alkanes of at least 4 members (excludes halogenated alkanes) is 1. The summed E-state index contributed by atoms with van der Waals surface area (Å²) in [4.78, 5) is 14.2. The van der Waals surface area contributed by atoms with Crippen molar-refractivity contribution >= 4 is 29.7 Å². The van der Waals surface area contributed by atoms with Crippen LogP contribution in [0.25, 0.3) is 0 Å². The molecule has 1 aliphatic carbocycles. The molecule has 0 fully saturated rings. The van der Waals surface area contributed by atoms with E-state index in [0.717, 1.165) is 37.1 Å². The number of carbonyl (C=O) groups is 1. The second-order valence-corrected chi connectivity index (χ2v) is 5.65. The van der Waals surface area contributed by atoms with Gasteiger partial charge in [-0.2, -0.15) is 0 Å². The molecule has 3 N–H and O–H groups in total. The Bertz CT molecular complexity index is 369. The SMILES string of the molecule is Cl.NCCCCNC(=O)c1cc2c(s1)CCCC2. The molecule has 0 saturated carbocycles. The van der Waals surface area contributed by atoms with E-state index in [0.29, 0.717) is 6.54 Å². The molecule has 0 radical (unpaired) electrons. The van der Waals surface area contributed by atoms with Crippen LogP contribution in [0.5, 0.6) is 0 Å². The molecule has 2 rings (SSSR count). The molecule has 0 atom stereocenters. The highest BCUT2D eigenvalue weighted by Gasteiger charge is 2.16. The fourth-order valence-corrected chi connectivity index (χ4v) is 3.33. The molecule has 1 aromatic rings. The van der Waals surface area contributed by atoms with Gasteiger partial charge in [-0.05, 0) is 56.7 Å². The van der Waals surface area contributed by atoms with Crippen molar-refractivity contribution in [3.8, 4) is 0 Å². The van der Waals surface area contributed by atoms with Gasteiger partial charge in [-0.3, -0.25) is 4.79 Å². The molecule has 1 heterocycles. The molecule has 0 aromatic carbocycles. The fraction of sp³-hybridized carbons (Fsp3) is 0.615. The van der Waals surface area contributed by atoms with Gasteiger partial charge in [0.2, 0.25) is 0 Å². The van der Waals surface area contributed by atoms with E-state index in [1.807, 2.05) is 0 Å². The van der Waals surface area contributed by atoms with Gasteiger partial charge in [0, 0.05) is 11.4 Å². The molecule has 5 heteroatoms. The summed E-state index contributed by atoms with van der Waals surface area (Å²) in [6, 6.07) is 2.08. The van der Waals surface area contributed by atoms with Gasteiger partial charge in [-0.25, -0.2) is 0 Å². The average Bonchev–Trinajstić information content (AvgIpc) is 2.78. The highest BCUT2D eigenvalue weighted by atomic mass is 35.5. The maximum atomic E-state index is 11.9. The lowest BCUT2D eigenvalue weighted by Crippen LogP contribution is -2.24. The van der Waals surface area contributed by atoms with Crippen molar-refractivity contribution in [3.63, 3.8) is 0 Å². The number of nitrogens with two attached hydrogens (primary N) is 1. The zero-order chi connectivity index (χ0) is 12.1. The molecule has 1 aromatic heterocycles. The van der Waals surface area contributed by atoms with Gasteiger partial charge in [0.25, 0.3) is 5.91 Å². The average molecular weight is 289 g/mol. The van der Waals surface area contributed by atoms with Crippen LogP contribution in [-0.2, 0) is 12.8 Å². The number of carbonyl (C=O) groups excluding carboxylic acids is 1. The Hall–Kier alpha value is -0.580. The zero-order valence-electron chi connectivity index (χ0n) is 10.5. The number of fused-ring (bicyclic) bond motifs is 1. The van der Waals surface area contributed by atoms with Crippen LogP contribution < -0.4 is 11.1 Å². The van der Waals surface area contributed by atoms with Crippen LogP contribution in [0.1, 0.15) is 45.8 Å². The van der Waals surface area contributed by atoms with Crippen molar-refractivity contribution in [2.45, 2.75) is 38.5 Å². The molecule has 1 aliphatic rings. The minimum Gasteiger partial charge on any atom is -0.351 e. The summed E-state index contributed by atoms with van der Waals surface area (Å²) in [7, 11) is 0. The number of hydrogen-bond donors (Lipinski definition) is 2. The second kappa shape index (κ2) is 7.77. The quantitative estimate of drug-likeness (QED) is 0.818. The number of rotatable bonds is 5. The lowest BCUT2D eigenvalue weighted by atomic mass is 9.99. The maximum absolute atomic E-state index is 11.9. The summed E-state index contributed by atoms with van der Waals surface area (Å²) in [5.41, 5.74) is 6.81. The van der Waals surface area contributed by atoms with Crippen molar-refractivity contribution in [1.29, 1.82) is 0 Å². The number of nitrogens with one attached hydrogen (secondary N) is 1. The third-order valence-corrected chi connectivity index (χ3v) is 4.37. The number of thiophene rings is 1. The molecule has 0 aliphatic heterocycles. The van der Waals surface area contributed by atoms with E-state index >= 15 is 0 Å². The first-order chi connectivity index (χ1) is 8.31. The number of hydrogen-bond acceptors (Lipinski definition) is 3. The lowest BCUT2D eigenvalue weighted by Gasteiger charge is -2.08. The Kier molecular flexibility index (Phi) is 6.68. The minimum atomic E-state index is 0. The number of amides is 1. The monoisotopic (exact) mass is 288 g/mol. The Morgan fingerprint density at radius 3 is 2.83 bits per heavy atom. The van der Waals surface area contributed by atoms with Gasteiger partial charge in [0.1, 0.15) is 0 Å². The number of halogens is 1. The Morgan fingerprint density at radius 2 is 2.11 bits per heavy atom. The molecular formula is C13H21ClN2OS. The zero-order valence-corrected chi connectivity index (χ0v) is 12.2. The molecule has 0 bridgehead atoms. The highest BCUT2D eigenvalue weighted by molar-refractivity contribution is 7.14. The fourth-order valence-electron chi connectivity index (χ4n) is 2.16. The van der Waals surface area contributed by atoms with Gasteiger partial charge in [-0.1, -0.05) is 0 Å². The summed E-state index contributed by atoms with van der Waals surface area (Å²) in [6.07, 6.45) is 6.77. The topological polar surface area (TPSA) is 55.1 Å². The van der Waals surface area contributed by atoms with Crippen molar-refractivity contribution in [2.24, 2.45) is 5.73 Å². The predicted octanol–water partition coefficient (Wildman–Crippen LogP) is 2.52. The normalized spacial score (nSPS) is 13.6. The maximum Gasteiger partial charge on any atom is 0.261 e.